The second-order valence-corrected chi connectivity index (χ2v) is 12.4. The molecule has 1 saturated heterocycles. The Morgan fingerprint density at radius 2 is 1.60 bits per heavy atom. The zero-order valence-corrected chi connectivity index (χ0v) is 25.9. The van der Waals surface area contributed by atoms with Gasteiger partial charge in [-0.1, -0.05) is 48.5 Å². The van der Waals surface area contributed by atoms with E-state index in [4.69, 9.17) is 0 Å². The fourth-order valence-corrected chi connectivity index (χ4v) is 6.65. The van der Waals surface area contributed by atoms with Gasteiger partial charge in [-0.05, 0) is 117 Å². The molecule has 2 N–H and O–H groups in total. The number of fused-ring (bicyclic) bond motifs is 1. The first kappa shape index (κ1) is 32.7. The number of aryl methyl sites for hydroxylation is 2. The molecule has 0 saturated carbocycles. The molecule has 2 amide bonds. The van der Waals surface area contributed by atoms with Crippen molar-refractivity contribution in [2.75, 3.05) is 26.2 Å². The largest absolute Gasteiger partial charge is 0.416 e. The lowest BCUT2D eigenvalue weighted by atomic mass is 9.87. The summed E-state index contributed by atoms with van der Waals surface area (Å²) < 4.78 is 39.0. The number of hydrogen-bond donors (Lipinski definition) is 2. The molecule has 1 heterocycles. The van der Waals surface area contributed by atoms with Crippen LogP contribution in [0.15, 0.2) is 66.7 Å². The van der Waals surface area contributed by atoms with Crippen LogP contribution in [0.2, 0.25) is 0 Å². The molecule has 45 heavy (non-hydrogen) atoms. The molecular weight excluding hydrogens is 575 g/mol. The highest BCUT2D eigenvalue weighted by atomic mass is 19.4. The highest BCUT2D eigenvalue weighted by molar-refractivity contribution is 6.01. The van der Waals surface area contributed by atoms with Gasteiger partial charge >= 0.3 is 6.18 Å². The van der Waals surface area contributed by atoms with Crippen molar-refractivity contribution >= 4 is 11.8 Å². The molecular formula is C37H44F3N3O2. The Bertz CT molecular complexity index is 1430. The van der Waals surface area contributed by atoms with Crippen LogP contribution in [-0.4, -0.2) is 48.9 Å². The molecule has 5 nitrogen and oxygen atoms in total. The van der Waals surface area contributed by atoms with Crippen LogP contribution in [0.4, 0.5) is 13.2 Å². The summed E-state index contributed by atoms with van der Waals surface area (Å²) in [5.41, 5.74) is 5.38. The first-order valence-corrected chi connectivity index (χ1v) is 16.4. The lowest BCUT2D eigenvalue weighted by Crippen LogP contribution is -2.45. The number of nitrogens with one attached hydrogen (secondary N) is 2. The van der Waals surface area contributed by atoms with Gasteiger partial charge in [0, 0.05) is 37.7 Å². The third kappa shape index (κ3) is 9.19. The van der Waals surface area contributed by atoms with Crippen molar-refractivity contribution in [2.24, 2.45) is 0 Å². The minimum atomic E-state index is -4.40. The fourth-order valence-electron chi connectivity index (χ4n) is 6.65. The van der Waals surface area contributed by atoms with E-state index in [1.54, 1.807) is 24.3 Å². The maximum absolute atomic E-state index is 13.2. The van der Waals surface area contributed by atoms with Crippen LogP contribution in [-0.2, 0) is 30.2 Å². The Hall–Kier alpha value is -3.65. The van der Waals surface area contributed by atoms with Gasteiger partial charge in [0.2, 0.25) is 5.91 Å². The molecule has 3 aromatic rings. The number of carbonyl (C=O) groups is 2. The van der Waals surface area contributed by atoms with Crippen LogP contribution < -0.4 is 10.6 Å². The molecule has 0 spiro atoms. The number of unbranched alkanes of at least 4 members (excludes halogenated alkanes) is 1. The molecule has 8 heteroatoms. The van der Waals surface area contributed by atoms with Gasteiger partial charge in [0.15, 0.2) is 0 Å². The Kier molecular flexibility index (Phi) is 11.3. The van der Waals surface area contributed by atoms with Gasteiger partial charge in [-0.25, -0.2) is 0 Å². The van der Waals surface area contributed by atoms with E-state index in [-0.39, 0.29) is 17.9 Å². The Morgan fingerprint density at radius 3 is 2.38 bits per heavy atom. The van der Waals surface area contributed by atoms with Crippen LogP contribution in [0.5, 0.6) is 0 Å². The molecule has 0 aromatic heterocycles. The first-order chi connectivity index (χ1) is 21.8. The number of alkyl halides is 3. The third-order valence-electron chi connectivity index (χ3n) is 9.18. The van der Waals surface area contributed by atoms with E-state index in [2.05, 4.69) is 33.7 Å². The number of rotatable bonds is 12. The molecule has 0 unspecified atom stereocenters. The molecule has 1 fully saturated rings. The molecule has 5 rings (SSSR count). The number of hydrogen-bond acceptors (Lipinski definition) is 3. The van der Waals surface area contributed by atoms with E-state index in [0.29, 0.717) is 29.7 Å². The second kappa shape index (κ2) is 15.6. The average Bonchev–Trinajstić information content (AvgIpc) is 3.05. The van der Waals surface area contributed by atoms with Crippen molar-refractivity contribution in [1.29, 1.82) is 0 Å². The normalized spacial score (nSPS) is 15.8. The van der Waals surface area contributed by atoms with Gasteiger partial charge in [-0.15, -0.1) is 0 Å². The summed E-state index contributed by atoms with van der Waals surface area (Å²) in [6, 6.07) is 18.6. The standard InChI is InChI=1S/C37H44F3N3O2/c38-37(39,40)30-19-17-29(18-20-30)33-14-3-4-15-34(33)36(45)42-31-21-25-43(26-22-31)24-6-5-23-41-35(44)16-8-12-28-11-7-10-27-9-1-2-13-32(27)28/h3-4,7,10-11,14-15,17-20,31H,1-2,5-6,8-9,12-13,16,21-26H2,(H,41,44)(H,42,45). The first-order valence-electron chi connectivity index (χ1n) is 16.4. The smallest absolute Gasteiger partial charge is 0.356 e. The Labute approximate surface area is 264 Å². The van der Waals surface area contributed by atoms with Gasteiger partial charge in [0.05, 0.1) is 5.56 Å². The zero-order chi connectivity index (χ0) is 31.6. The van der Waals surface area contributed by atoms with E-state index in [9.17, 15) is 22.8 Å². The molecule has 0 radical (unpaired) electrons. The summed E-state index contributed by atoms with van der Waals surface area (Å²) in [6.45, 7) is 3.44. The highest BCUT2D eigenvalue weighted by Crippen LogP contribution is 2.32. The lowest BCUT2D eigenvalue weighted by Gasteiger charge is -2.32. The number of likely N-dealkylation sites (tertiary alicyclic amines) is 1. The number of amides is 2. The SMILES string of the molecule is O=C(CCCc1cccc2c1CCCC2)NCCCCN1CCC(NC(=O)c2ccccc2-c2ccc(C(F)(F)F)cc2)CC1. The molecule has 240 valence electrons. The third-order valence-corrected chi connectivity index (χ3v) is 9.18. The summed E-state index contributed by atoms with van der Waals surface area (Å²) in [5, 5.41) is 6.22. The number of carbonyl (C=O) groups excluding carboxylic acids is 2. The highest BCUT2D eigenvalue weighted by Gasteiger charge is 2.30. The summed E-state index contributed by atoms with van der Waals surface area (Å²) >= 11 is 0. The molecule has 0 bridgehead atoms. The molecule has 0 atom stereocenters. The van der Waals surface area contributed by atoms with Crippen molar-refractivity contribution in [3.8, 4) is 11.1 Å². The molecule has 3 aromatic carbocycles. The van der Waals surface area contributed by atoms with Gasteiger partial charge in [0.1, 0.15) is 0 Å². The molecule has 1 aliphatic heterocycles. The van der Waals surface area contributed by atoms with Gasteiger partial charge in [-0.3, -0.25) is 9.59 Å². The topological polar surface area (TPSA) is 61.4 Å². The Balaban J connectivity index is 0.968. The fraction of sp³-hybridized carbons (Fsp3) is 0.459. The van der Waals surface area contributed by atoms with Crippen molar-refractivity contribution in [2.45, 2.75) is 82.8 Å². The average molecular weight is 620 g/mol. The van der Waals surface area contributed by atoms with Gasteiger partial charge in [0.25, 0.3) is 5.91 Å². The maximum atomic E-state index is 13.2. The van der Waals surface area contributed by atoms with E-state index in [1.165, 1.54) is 54.5 Å². The Morgan fingerprint density at radius 1 is 0.844 bits per heavy atom. The summed E-state index contributed by atoms with van der Waals surface area (Å²) in [4.78, 5) is 27.9. The van der Waals surface area contributed by atoms with Crippen molar-refractivity contribution in [1.82, 2.24) is 15.5 Å². The minimum Gasteiger partial charge on any atom is -0.356 e. The quantitative estimate of drug-likeness (QED) is 0.208. The van der Waals surface area contributed by atoms with Crippen LogP contribution in [0, 0.1) is 0 Å². The van der Waals surface area contributed by atoms with E-state index in [1.807, 2.05) is 0 Å². The van der Waals surface area contributed by atoms with E-state index in [0.717, 1.165) is 70.3 Å². The second-order valence-electron chi connectivity index (χ2n) is 12.4. The van der Waals surface area contributed by atoms with Crippen molar-refractivity contribution in [3.63, 3.8) is 0 Å². The summed E-state index contributed by atoms with van der Waals surface area (Å²) in [7, 11) is 0. The predicted molar refractivity (Wildman–Crippen MR) is 172 cm³/mol. The molecule has 1 aliphatic carbocycles. The summed E-state index contributed by atoms with van der Waals surface area (Å²) in [5.74, 6) is -0.0703. The number of halogens is 3. The van der Waals surface area contributed by atoms with E-state index < -0.39 is 11.7 Å². The predicted octanol–water partition coefficient (Wildman–Crippen LogP) is 7.36. The van der Waals surface area contributed by atoms with Crippen LogP contribution in [0.25, 0.3) is 11.1 Å². The van der Waals surface area contributed by atoms with Gasteiger partial charge in [-0.2, -0.15) is 13.2 Å². The number of piperidine rings is 1. The van der Waals surface area contributed by atoms with Crippen LogP contribution in [0.1, 0.15) is 84.0 Å². The van der Waals surface area contributed by atoms with Gasteiger partial charge < -0.3 is 15.5 Å². The zero-order valence-electron chi connectivity index (χ0n) is 25.9. The lowest BCUT2D eigenvalue weighted by molar-refractivity contribution is -0.137. The molecule has 2 aliphatic rings. The van der Waals surface area contributed by atoms with Crippen LogP contribution >= 0.6 is 0 Å². The maximum Gasteiger partial charge on any atom is 0.416 e. The number of benzene rings is 3. The minimum absolute atomic E-state index is 0.0510. The monoisotopic (exact) mass is 619 g/mol. The summed E-state index contributed by atoms with van der Waals surface area (Å²) in [6.07, 6.45) is 6.56. The van der Waals surface area contributed by atoms with Crippen LogP contribution in [0.3, 0.4) is 0 Å². The van der Waals surface area contributed by atoms with Crippen molar-refractivity contribution < 1.29 is 22.8 Å². The van der Waals surface area contributed by atoms with Crippen molar-refractivity contribution in [3.05, 3.63) is 94.5 Å². The number of nitrogens with zero attached hydrogens (tertiary/aromatic N) is 1. The van der Waals surface area contributed by atoms with E-state index >= 15 is 0 Å².